The highest BCUT2D eigenvalue weighted by atomic mass is 35.5. The van der Waals surface area contributed by atoms with Gasteiger partial charge in [0.2, 0.25) is 16.5 Å². The van der Waals surface area contributed by atoms with Crippen molar-refractivity contribution < 1.29 is 0 Å². The molecule has 2 rings (SSSR count). The normalized spacial score (nSPS) is 10.6. The average Bonchev–Trinajstić information content (AvgIpc) is 2.63. The van der Waals surface area contributed by atoms with E-state index in [-0.39, 0.29) is 10.6 Å². The van der Waals surface area contributed by atoms with Crippen LogP contribution < -0.4 is 4.90 Å². The molecule has 0 amide bonds. The predicted octanol–water partition coefficient (Wildman–Crippen LogP) is 2.58. The fourth-order valence-electron chi connectivity index (χ4n) is 1.25. The van der Waals surface area contributed by atoms with Gasteiger partial charge in [0.1, 0.15) is 0 Å². The number of nitrogens with zero attached hydrogens (tertiary/aromatic N) is 5. The van der Waals surface area contributed by atoms with Crippen LogP contribution in [0.2, 0.25) is 10.6 Å². The van der Waals surface area contributed by atoms with Crippen molar-refractivity contribution in [2.24, 2.45) is 0 Å². The highest BCUT2D eigenvalue weighted by Crippen LogP contribution is 2.18. The van der Waals surface area contributed by atoms with E-state index in [1.54, 1.807) is 11.3 Å². The largest absolute Gasteiger partial charge is 0.339 e. The summed E-state index contributed by atoms with van der Waals surface area (Å²) in [6.45, 7) is 2.63. The third-order valence-corrected chi connectivity index (χ3v) is 3.39. The van der Waals surface area contributed by atoms with Gasteiger partial charge >= 0.3 is 0 Å². The van der Waals surface area contributed by atoms with Gasteiger partial charge in [-0.05, 0) is 30.1 Å². The van der Waals surface area contributed by atoms with Crippen LogP contribution in [0.15, 0.2) is 5.51 Å². The Morgan fingerprint density at radius 3 is 2.41 bits per heavy atom. The molecule has 0 aliphatic heterocycles. The number of halogens is 2. The zero-order valence-electron chi connectivity index (χ0n) is 9.18. The highest BCUT2D eigenvalue weighted by Gasteiger charge is 2.11. The van der Waals surface area contributed by atoms with E-state index in [1.165, 1.54) is 0 Å². The average molecular weight is 290 g/mol. The molecule has 8 heteroatoms. The lowest BCUT2D eigenvalue weighted by atomic mass is 10.4. The molecule has 0 fully saturated rings. The summed E-state index contributed by atoms with van der Waals surface area (Å²) in [5, 5.41) is 0.181. The fraction of sp³-hybridized carbons (Fsp3) is 0.333. The van der Waals surface area contributed by atoms with Crippen LogP contribution in [0.3, 0.4) is 0 Å². The Hall–Kier alpha value is -0.980. The van der Waals surface area contributed by atoms with Crippen molar-refractivity contribution in [1.82, 2.24) is 19.9 Å². The van der Waals surface area contributed by atoms with Crippen molar-refractivity contribution in [3.8, 4) is 0 Å². The molecule has 0 atom stereocenters. The molecule has 0 bridgehead atoms. The SMILES string of the molecule is Cc1ncsc1CN(C)c1nc(Cl)nc(Cl)n1. The smallest absolute Gasteiger partial charge is 0.231 e. The minimum Gasteiger partial charge on any atom is -0.339 e. The van der Waals surface area contributed by atoms with E-state index in [0.29, 0.717) is 12.5 Å². The number of thiazole rings is 1. The number of hydrogen-bond acceptors (Lipinski definition) is 6. The third-order valence-electron chi connectivity index (χ3n) is 2.14. The molecule has 17 heavy (non-hydrogen) atoms. The quantitative estimate of drug-likeness (QED) is 0.869. The van der Waals surface area contributed by atoms with Gasteiger partial charge < -0.3 is 4.90 Å². The zero-order chi connectivity index (χ0) is 12.4. The van der Waals surface area contributed by atoms with Crippen LogP contribution in [-0.4, -0.2) is 27.0 Å². The van der Waals surface area contributed by atoms with Gasteiger partial charge in [-0.25, -0.2) is 4.98 Å². The summed E-state index contributed by atoms with van der Waals surface area (Å²) in [5.41, 5.74) is 2.82. The number of anilines is 1. The summed E-state index contributed by atoms with van der Waals surface area (Å²) in [5.74, 6) is 0.447. The van der Waals surface area contributed by atoms with E-state index >= 15 is 0 Å². The van der Waals surface area contributed by atoms with Crippen LogP contribution >= 0.6 is 34.5 Å². The minimum absolute atomic E-state index is 0.0906. The lowest BCUT2D eigenvalue weighted by Gasteiger charge is -2.16. The molecule has 2 aromatic heterocycles. The first-order valence-electron chi connectivity index (χ1n) is 4.73. The Bertz CT molecular complexity index is 510. The minimum atomic E-state index is 0.0906. The lowest BCUT2D eigenvalue weighted by molar-refractivity contribution is 0.856. The van der Waals surface area contributed by atoms with Gasteiger partial charge in [-0.15, -0.1) is 11.3 Å². The van der Waals surface area contributed by atoms with E-state index in [9.17, 15) is 0 Å². The second-order valence-corrected chi connectivity index (χ2v) is 5.01. The van der Waals surface area contributed by atoms with Crippen molar-refractivity contribution in [2.75, 3.05) is 11.9 Å². The Labute approximate surface area is 112 Å². The van der Waals surface area contributed by atoms with E-state index < -0.39 is 0 Å². The van der Waals surface area contributed by atoms with Gasteiger partial charge in [0.15, 0.2) is 0 Å². The summed E-state index contributed by atoms with van der Waals surface area (Å²) >= 11 is 13.0. The van der Waals surface area contributed by atoms with Gasteiger partial charge in [-0.1, -0.05) is 0 Å². The van der Waals surface area contributed by atoms with Crippen LogP contribution in [0, 0.1) is 6.92 Å². The number of aryl methyl sites for hydroxylation is 1. The van der Waals surface area contributed by atoms with E-state index in [2.05, 4.69) is 19.9 Å². The molecule has 90 valence electrons. The number of rotatable bonds is 3. The van der Waals surface area contributed by atoms with E-state index in [0.717, 1.165) is 10.6 Å². The van der Waals surface area contributed by atoms with Crippen LogP contribution in [0.5, 0.6) is 0 Å². The Kier molecular flexibility index (Phi) is 3.76. The molecule has 0 saturated heterocycles. The Morgan fingerprint density at radius 1 is 1.24 bits per heavy atom. The summed E-state index contributed by atoms with van der Waals surface area (Å²) in [4.78, 5) is 18.9. The molecule has 0 aromatic carbocycles. The topological polar surface area (TPSA) is 54.8 Å². The first kappa shape index (κ1) is 12.5. The standard InChI is InChI=1S/C9H9Cl2N5S/c1-5-6(17-4-12-5)3-16(2)9-14-7(10)13-8(11)15-9/h4H,3H2,1-2H3. The summed E-state index contributed by atoms with van der Waals surface area (Å²) in [6, 6.07) is 0. The maximum atomic E-state index is 5.72. The number of hydrogen-bond donors (Lipinski definition) is 0. The molecule has 2 aromatic rings. The van der Waals surface area contributed by atoms with Crippen LogP contribution in [0.1, 0.15) is 10.6 Å². The van der Waals surface area contributed by atoms with Crippen molar-refractivity contribution in [3.63, 3.8) is 0 Å². The maximum Gasteiger partial charge on any atom is 0.231 e. The fourth-order valence-corrected chi connectivity index (χ4v) is 2.44. The predicted molar refractivity (Wildman–Crippen MR) is 68.8 cm³/mol. The van der Waals surface area contributed by atoms with Crippen LogP contribution in [0.25, 0.3) is 0 Å². The second kappa shape index (κ2) is 5.12. The molecule has 0 unspecified atom stereocenters. The molecular formula is C9H9Cl2N5S. The molecule has 5 nitrogen and oxygen atoms in total. The van der Waals surface area contributed by atoms with Crippen LogP contribution in [0.4, 0.5) is 5.95 Å². The zero-order valence-corrected chi connectivity index (χ0v) is 11.5. The van der Waals surface area contributed by atoms with Gasteiger partial charge in [-0.3, -0.25) is 0 Å². The summed E-state index contributed by atoms with van der Waals surface area (Å²) in [6.07, 6.45) is 0. The first-order chi connectivity index (χ1) is 8.06. The van der Waals surface area contributed by atoms with Gasteiger partial charge in [0.25, 0.3) is 0 Å². The molecule has 0 aliphatic carbocycles. The molecule has 2 heterocycles. The van der Waals surface area contributed by atoms with Crippen molar-refractivity contribution >= 4 is 40.5 Å². The van der Waals surface area contributed by atoms with E-state index in [4.69, 9.17) is 23.2 Å². The lowest BCUT2D eigenvalue weighted by Crippen LogP contribution is -2.19. The third kappa shape index (κ3) is 3.02. The van der Waals surface area contributed by atoms with Crippen molar-refractivity contribution in [3.05, 3.63) is 26.6 Å². The first-order valence-corrected chi connectivity index (χ1v) is 6.37. The molecule has 0 N–H and O–H groups in total. The van der Waals surface area contributed by atoms with Gasteiger partial charge in [-0.2, -0.15) is 15.0 Å². The molecule has 0 aliphatic rings. The Balaban J connectivity index is 2.20. The molecular weight excluding hydrogens is 281 g/mol. The molecule has 0 spiro atoms. The monoisotopic (exact) mass is 289 g/mol. The summed E-state index contributed by atoms with van der Waals surface area (Å²) in [7, 11) is 1.86. The van der Waals surface area contributed by atoms with E-state index in [1.807, 2.05) is 24.4 Å². The Morgan fingerprint density at radius 2 is 1.88 bits per heavy atom. The molecule has 0 radical (unpaired) electrons. The summed E-state index contributed by atoms with van der Waals surface area (Å²) < 4.78 is 0. The van der Waals surface area contributed by atoms with Crippen molar-refractivity contribution in [2.45, 2.75) is 13.5 Å². The molecule has 0 saturated carbocycles. The maximum absolute atomic E-state index is 5.72. The second-order valence-electron chi connectivity index (χ2n) is 3.39. The van der Waals surface area contributed by atoms with Gasteiger partial charge in [0.05, 0.1) is 17.7 Å². The van der Waals surface area contributed by atoms with Gasteiger partial charge in [0, 0.05) is 11.9 Å². The van der Waals surface area contributed by atoms with Crippen molar-refractivity contribution in [1.29, 1.82) is 0 Å². The number of aromatic nitrogens is 4. The van der Waals surface area contributed by atoms with Crippen LogP contribution in [-0.2, 0) is 6.54 Å². The highest BCUT2D eigenvalue weighted by molar-refractivity contribution is 7.09.